The molecule has 0 aliphatic heterocycles. The molecule has 0 saturated carbocycles. The summed E-state index contributed by atoms with van der Waals surface area (Å²) in [6, 6.07) is 14.2. The summed E-state index contributed by atoms with van der Waals surface area (Å²) >= 11 is 3.21. The third-order valence-electron chi connectivity index (χ3n) is 2.55. The largest absolute Gasteiger partial charge is 0.380 e. The summed E-state index contributed by atoms with van der Waals surface area (Å²) in [4.78, 5) is 0. The number of nitriles is 1. The fraction of sp³-hybridized carbons (Fsp3) is 0.0714. The van der Waals surface area contributed by atoms with Crippen molar-refractivity contribution in [3.63, 3.8) is 0 Å². The minimum atomic E-state index is -0.289. The minimum Gasteiger partial charge on any atom is -0.380 e. The van der Waals surface area contributed by atoms with Crippen LogP contribution in [0.3, 0.4) is 0 Å². The van der Waals surface area contributed by atoms with Crippen LogP contribution < -0.4 is 5.32 Å². The Morgan fingerprint density at radius 2 is 1.94 bits per heavy atom. The van der Waals surface area contributed by atoms with E-state index in [4.69, 9.17) is 5.26 Å². The Morgan fingerprint density at radius 1 is 1.17 bits per heavy atom. The molecule has 0 fully saturated rings. The number of benzene rings is 2. The van der Waals surface area contributed by atoms with Gasteiger partial charge in [-0.1, -0.05) is 24.3 Å². The maximum atomic E-state index is 13.3. The van der Waals surface area contributed by atoms with Crippen molar-refractivity contribution < 1.29 is 4.39 Å². The van der Waals surface area contributed by atoms with Gasteiger partial charge in [0.15, 0.2) is 0 Å². The van der Waals surface area contributed by atoms with Gasteiger partial charge in [-0.15, -0.1) is 0 Å². The molecular weight excluding hydrogens is 295 g/mol. The van der Waals surface area contributed by atoms with Crippen LogP contribution in [0.1, 0.15) is 11.1 Å². The number of nitrogens with one attached hydrogen (secondary N) is 1. The van der Waals surface area contributed by atoms with Crippen molar-refractivity contribution in [1.82, 2.24) is 0 Å². The Bertz CT molecular complexity index is 605. The van der Waals surface area contributed by atoms with Gasteiger partial charge in [-0.05, 0) is 39.7 Å². The van der Waals surface area contributed by atoms with Gasteiger partial charge >= 0.3 is 0 Å². The fourth-order valence-corrected chi connectivity index (χ4v) is 2.01. The highest BCUT2D eigenvalue weighted by Gasteiger charge is 2.06. The van der Waals surface area contributed by atoms with Crippen molar-refractivity contribution in [2.45, 2.75) is 6.54 Å². The second-order valence-electron chi connectivity index (χ2n) is 3.72. The molecule has 0 amide bonds. The Hall–Kier alpha value is -1.86. The fourth-order valence-electron chi connectivity index (χ4n) is 1.61. The number of hydrogen-bond donors (Lipinski definition) is 1. The average Bonchev–Trinajstić information content (AvgIpc) is 2.41. The van der Waals surface area contributed by atoms with Crippen molar-refractivity contribution in [3.05, 3.63) is 63.9 Å². The lowest BCUT2D eigenvalue weighted by Gasteiger charge is -2.09. The number of halogens is 2. The molecule has 1 N–H and O–H groups in total. The van der Waals surface area contributed by atoms with E-state index in [1.807, 2.05) is 24.3 Å². The van der Waals surface area contributed by atoms with Crippen LogP contribution in [0.25, 0.3) is 0 Å². The standard InChI is InChI=1S/C14H10BrFN2/c15-14-11(5-3-6-12(14)16)9-18-13-7-2-1-4-10(13)8-17/h1-7,18H,9H2. The monoisotopic (exact) mass is 304 g/mol. The highest BCUT2D eigenvalue weighted by atomic mass is 79.9. The molecule has 0 spiro atoms. The van der Waals surface area contributed by atoms with Crippen LogP contribution >= 0.6 is 15.9 Å². The lowest BCUT2D eigenvalue weighted by Crippen LogP contribution is -2.02. The molecule has 0 radical (unpaired) electrons. The summed E-state index contributed by atoms with van der Waals surface area (Å²) in [6.07, 6.45) is 0. The molecule has 18 heavy (non-hydrogen) atoms. The SMILES string of the molecule is N#Cc1ccccc1NCc1cccc(F)c1Br. The Balaban J connectivity index is 2.17. The van der Waals surface area contributed by atoms with Crippen LogP contribution in [0, 0.1) is 17.1 Å². The summed E-state index contributed by atoms with van der Waals surface area (Å²) in [6.45, 7) is 0.455. The molecule has 0 aliphatic carbocycles. The number of rotatable bonds is 3. The van der Waals surface area contributed by atoms with Crippen molar-refractivity contribution in [1.29, 1.82) is 5.26 Å². The number of hydrogen-bond acceptors (Lipinski definition) is 2. The van der Waals surface area contributed by atoms with Gasteiger partial charge in [0, 0.05) is 6.54 Å². The van der Waals surface area contributed by atoms with E-state index in [9.17, 15) is 4.39 Å². The predicted octanol–water partition coefficient (Wildman–Crippen LogP) is 4.07. The third kappa shape index (κ3) is 2.69. The van der Waals surface area contributed by atoms with Gasteiger partial charge in [-0.2, -0.15) is 5.26 Å². The molecule has 0 saturated heterocycles. The van der Waals surface area contributed by atoms with Crippen molar-refractivity contribution >= 4 is 21.6 Å². The van der Waals surface area contributed by atoms with Crippen molar-refractivity contribution in [3.8, 4) is 6.07 Å². The molecular formula is C14H10BrFN2. The van der Waals surface area contributed by atoms with Crippen LogP contribution in [-0.4, -0.2) is 0 Å². The van der Waals surface area contributed by atoms with Gasteiger partial charge in [-0.25, -0.2) is 4.39 Å². The first kappa shape index (κ1) is 12.6. The van der Waals surface area contributed by atoms with Gasteiger partial charge in [0.1, 0.15) is 11.9 Å². The van der Waals surface area contributed by atoms with E-state index < -0.39 is 0 Å². The third-order valence-corrected chi connectivity index (χ3v) is 3.44. The molecule has 4 heteroatoms. The molecule has 2 aromatic carbocycles. The van der Waals surface area contributed by atoms with Gasteiger partial charge in [0.2, 0.25) is 0 Å². The molecule has 2 aromatic rings. The lowest BCUT2D eigenvalue weighted by molar-refractivity contribution is 0.618. The molecule has 2 rings (SSSR count). The van der Waals surface area contributed by atoms with E-state index in [2.05, 4.69) is 27.3 Å². The van der Waals surface area contributed by atoms with Gasteiger partial charge in [0.05, 0.1) is 15.7 Å². The van der Waals surface area contributed by atoms with E-state index >= 15 is 0 Å². The van der Waals surface area contributed by atoms with Crippen LogP contribution in [-0.2, 0) is 6.54 Å². The van der Waals surface area contributed by atoms with Crippen LogP contribution in [0.2, 0.25) is 0 Å². The molecule has 0 bridgehead atoms. The molecule has 0 atom stereocenters. The Labute approximate surface area is 113 Å². The van der Waals surface area contributed by atoms with E-state index in [1.165, 1.54) is 6.07 Å². The lowest BCUT2D eigenvalue weighted by atomic mass is 10.1. The molecule has 2 nitrogen and oxygen atoms in total. The first-order chi connectivity index (χ1) is 8.72. The number of para-hydroxylation sites is 1. The van der Waals surface area contributed by atoms with E-state index in [0.717, 1.165) is 11.3 Å². The minimum absolute atomic E-state index is 0.289. The van der Waals surface area contributed by atoms with Gasteiger partial charge < -0.3 is 5.32 Å². The highest BCUT2D eigenvalue weighted by molar-refractivity contribution is 9.10. The van der Waals surface area contributed by atoms with Crippen LogP contribution in [0.4, 0.5) is 10.1 Å². The maximum Gasteiger partial charge on any atom is 0.137 e. The molecule has 0 aliphatic rings. The second kappa shape index (κ2) is 5.65. The summed E-state index contributed by atoms with van der Waals surface area (Å²) in [5.74, 6) is -0.289. The highest BCUT2D eigenvalue weighted by Crippen LogP contribution is 2.22. The topological polar surface area (TPSA) is 35.8 Å². The number of anilines is 1. The zero-order valence-electron chi connectivity index (χ0n) is 9.45. The molecule has 0 heterocycles. The summed E-state index contributed by atoms with van der Waals surface area (Å²) in [5.41, 5.74) is 2.13. The zero-order chi connectivity index (χ0) is 13.0. The quantitative estimate of drug-likeness (QED) is 0.927. The zero-order valence-corrected chi connectivity index (χ0v) is 11.0. The normalized spacial score (nSPS) is 9.83. The summed E-state index contributed by atoms with van der Waals surface area (Å²) < 4.78 is 13.8. The smallest absolute Gasteiger partial charge is 0.137 e. The van der Waals surface area contributed by atoms with E-state index in [-0.39, 0.29) is 5.82 Å². The predicted molar refractivity (Wildman–Crippen MR) is 72.6 cm³/mol. The first-order valence-corrected chi connectivity index (χ1v) is 6.17. The van der Waals surface area contributed by atoms with Crippen molar-refractivity contribution in [2.24, 2.45) is 0 Å². The Morgan fingerprint density at radius 3 is 2.72 bits per heavy atom. The summed E-state index contributed by atoms with van der Waals surface area (Å²) in [5, 5.41) is 12.1. The molecule has 0 unspecified atom stereocenters. The molecule has 0 aromatic heterocycles. The van der Waals surface area contributed by atoms with E-state index in [0.29, 0.717) is 16.6 Å². The van der Waals surface area contributed by atoms with Gasteiger partial charge in [0.25, 0.3) is 0 Å². The second-order valence-corrected chi connectivity index (χ2v) is 4.52. The van der Waals surface area contributed by atoms with Gasteiger partial charge in [-0.3, -0.25) is 0 Å². The summed E-state index contributed by atoms with van der Waals surface area (Å²) in [7, 11) is 0. The van der Waals surface area contributed by atoms with Crippen LogP contribution in [0.15, 0.2) is 46.9 Å². The van der Waals surface area contributed by atoms with E-state index in [1.54, 1.807) is 12.1 Å². The average molecular weight is 305 g/mol. The Kier molecular flexibility index (Phi) is 3.96. The molecule has 90 valence electrons. The number of nitrogens with zero attached hydrogens (tertiary/aromatic N) is 1. The first-order valence-electron chi connectivity index (χ1n) is 5.38. The van der Waals surface area contributed by atoms with Crippen molar-refractivity contribution in [2.75, 3.05) is 5.32 Å². The van der Waals surface area contributed by atoms with Crippen LogP contribution in [0.5, 0.6) is 0 Å². The maximum absolute atomic E-state index is 13.3.